The van der Waals surface area contributed by atoms with E-state index in [0.29, 0.717) is 10.9 Å². The molecule has 1 fully saturated rings. The molecule has 4 aromatic rings. The van der Waals surface area contributed by atoms with Crippen LogP contribution in [0.3, 0.4) is 0 Å². The van der Waals surface area contributed by atoms with E-state index in [1.165, 1.54) is 10.9 Å². The molecule has 1 saturated heterocycles. The largest absolute Gasteiger partial charge is 0.395 e. The number of fused-ring (bicyclic) bond motifs is 2. The van der Waals surface area contributed by atoms with Crippen LogP contribution in [0.15, 0.2) is 59.8 Å². The third-order valence-electron chi connectivity index (χ3n) is 5.55. The van der Waals surface area contributed by atoms with Crippen molar-refractivity contribution in [3.8, 4) is 0 Å². The molecule has 152 valence electrons. The number of para-hydroxylation sites is 2. The van der Waals surface area contributed by atoms with Gasteiger partial charge >= 0.3 is 0 Å². The molecule has 1 N–H and O–H groups in total. The second-order valence-corrected chi connectivity index (χ2v) is 7.36. The number of rotatable bonds is 4. The monoisotopic (exact) mass is 402 g/mol. The third-order valence-corrected chi connectivity index (χ3v) is 5.55. The number of aliphatic hydroxyl groups is 1. The molecular weight excluding hydrogens is 380 g/mol. The van der Waals surface area contributed by atoms with Crippen LogP contribution >= 0.6 is 0 Å². The van der Waals surface area contributed by atoms with Crippen LogP contribution in [0.25, 0.3) is 21.9 Å². The van der Waals surface area contributed by atoms with Crippen molar-refractivity contribution in [2.24, 2.45) is 0 Å². The van der Waals surface area contributed by atoms with Gasteiger partial charge in [0.05, 0.1) is 47.6 Å². The SMILES string of the molecule is O=c1c2ccc(N3CCN(c4cnc5ccccc5n4)CC3)cc2ncn1CCO. The van der Waals surface area contributed by atoms with Gasteiger partial charge < -0.3 is 14.9 Å². The topological polar surface area (TPSA) is 87.4 Å². The molecule has 0 atom stereocenters. The summed E-state index contributed by atoms with van der Waals surface area (Å²) in [5, 5.41) is 9.65. The number of hydrogen-bond donors (Lipinski definition) is 1. The number of anilines is 2. The number of benzene rings is 2. The van der Waals surface area contributed by atoms with Gasteiger partial charge in [0.25, 0.3) is 5.56 Å². The summed E-state index contributed by atoms with van der Waals surface area (Å²) in [6, 6.07) is 13.7. The lowest BCUT2D eigenvalue weighted by Crippen LogP contribution is -2.46. The Balaban J connectivity index is 1.33. The molecule has 0 aliphatic carbocycles. The minimum Gasteiger partial charge on any atom is -0.395 e. The highest BCUT2D eigenvalue weighted by atomic mass is 16.3. The predicted molar refractivity (Wildman–Crippen MR) is 117 cm³/mol. The average Bonchev–Trinajstić information content (AvgIpc) is 2.80. The molecule has 0 amide bonds. The van der Waals surface area contributed by atoms with Crippen molar-refractivity contribution in [1.29, 1.82) is 0 Å². The van der Waals surface area contributed by atoms with Gasteiger partial charge in [0.15, 0.2) is 0 Å². The Morgan fingerprint density at radius 1 is 0.900 bits per heavy atom. The van der Waals surface area contributed by atoms with Gasteiger partial charge in [-0.3, -0.25) is 14.3 Å². The highest BCUT2D eigenvalue weighted by Crippen LogP contribution is 2.22. The standard InChI is InChI=1S/C22H22N6O2/c29-12-11-28-15-24-20-13-16(5-6-17(20)22(28)30)26-7-9-27(10-8-26)21-14-23-18-3-1-2-4-19(18)25-21/h1-6,13-15,29H,7-12H2. The number of aliphatic hydroxyl groups excluding tert-OH is 1. The fourth-order valence-electron chi connectivity index (χ4n) is 3.90. The summed E-state index contributed by atoms with van der Waals surface area (Å²) in [5.74, 6) is 0.901. The van der Waals surface area contributed by atoms with Crippen molar-refractivity contribution in [3.63, 3.8) is 0 Å². The summed E-state index contributed by atoms with van der Waals surface area (Å²) in [7, 11) is 0. The van der Waals surface area contributed by atoms with Crippen molar-refractivity contribution in [1.82, 2.24) is 19.5 Å². The first-order valence-corrected chi connectivity index (χ1v) is 10.0. The fourth-order valence-corrected chi connectivity index (χ4v) is 3.90. The maximum Gasteiger partial charge on any atom is 0.261 e. The lowest BCUT2D eigenvalue weighted by molar-refractivity contribution is 0.274. The molecule has 0 spiro atoms. The summed E-state index contributed by atoms with van der Waals surface area (Å²) >= 11 is 0. The molecule has 1 aliphatic rings. The van der Waals surface area contributed by atoms with E-state index in [-0.39, 0.29) is 18.7 Å². The Kier molecular flexibility index (Phi) is 4.76. The maximum absolute atomic E-state index is 12.5. The van der Waals surface area contributed by atoms with Crippen molar-refractivity contribution in [3.05, 3.63) is 65.3 Å². The molecule has 0 bridgehead atoms. The van der Waals surface area contributed by atoms with Gasteiger partial charge in [0.1, 0.15) is 5.82 Å². The molecular formula is C22H22N6O2. The lowest BCUT2D eigenvalue weighted by Gasteiger charge is -2.36. The first-order chi connectivity index (χ1) is 14.7. The summed E-state index contributed by atoms with van der Waals surface area (Å²) in [4.78, 5) is 30.7. The Morgan fingerprint density at radius 3 is 2.47 bits per heavy atom. The van der Waals surface area contributed by atoms with Gasteiger partial charge in [-0.15, -0.1) is 0 Å². The van der Waals surface area contributed by atoms with Gasteiger partial charge in [-0.25, -0.2) is 9.97 Å². The summed E-state index contributed by atoms with van der Waals surface area (Å²) in [5.41, 5.74) is 3.42. The molecule has 3 heterocycles. The Labute approximate surface area is 173 Å². The van der Waals surface area contributed by atoms with Gasteiger partial charge in [0.2, 0.25) is 0 Å². The van der Waals surface area contributed by atoms with Crippen molar-refractivity contribution >= 4 is 33.4 Å². The Bertz CT molecular complexity index is 1260. The molecule has 8 heteroatoms. The van der Waals surface area contributed by atoms with E-state index in [1.54, 1.807) is 0 Å². The fraction of sp³-hybridized carbons (Fsp3) is 0.273. The average molecular weight is 402 g/mol. The molecule has 2 aromatic heterocycles. The van der Waals surface area contributed by atoms with E-state index in [4.69, 9.17) is 10.1 Å². The number of hydrogen-bond acceptors (Lipinski definition) is 7. The van der Waals surface area contributed by atoms with Gasteiger partial charge in [0, 0.05) is 31.9 Å². The Morgan fingerprint density at radius 2 is 1.67 bits per heavy atom. The highest BCUT2D eigenvalue weighted by molar-refractivity contribution is 5.81. The molecule has 0 radical (unpaired) electrons. The summed E-state index contributed by atoms with van der Waals surface area (Å²) in [6.07, 6.45) is 3.34. The molecule has 0 unspecified atom stereocenters. The van der Waals surface area contributed by atoms with Crippen LogP contribution in [0.4, 0.5) is 11.5 Å². The summed E-state index contributed by atoms with van der Waals surface area (Å²) < 4.78 is 1.44. The predicted octanol–water partition coefficient (Wildman–Crippen LogP) is 1.66. The van der Waals surface area contributed by atoms with Crippen molar-refractivity contribution < 1.29 is 5.11 Å². The zero-order valence-electron chi connectivity index (χ0n) is 16.5. The highest BCUT2D eigenvalue weighted by Gasteiger charge is 2.19. The first kappa shape index (κ1) is 18.5. The first-order valence-electron chi connectivity index (χ1n) is 10.0. The van der Waals surface area contributed by atoms with Crippen LogP contribution < -0.4 is 15.4 Å². The zero-order chi connectivity index (χ0) is 20.5. The normalized spacial score (nSPS) is 14.6. The van der Waals surface area contributed by atoms with E-state index in [2.05, 4.69) is 19.8 Å². The van der Waals surface area contributed by atoms with Crippen LogP contribution in [-0.2, 0) is 6.54 Å². The quantitative estimate of drug-likeness (QED) is 0.555. The molecule has 8 nitrogen and oxygen atoms in total. The van der Waals surface area contributed by atoms with Gasteiger partial charge in [-0.1, -0.05) is 12.1 Å². The number of piperazine rings is 1. The minimum absolute atomic E-state index is 0.0863. The lowest BCUT2D eigenvalue weighted by atomic mass is 10.2. The Hall–Kier alpha value is -3.52. The maximum atomic E-state index is 12.5. The van der Waals surface area contributed by atoms with E-state index in [0.717, 1.165) is 48.7 Å². The van der Waals surface area contributed by atoms with Crippen LogP contribution in [0.1, 0.15) is 0 Å². The van der Waals surface area contributed by atoms with Crippen LogP contribution in [0.2, 0.25) is 0 Å². The van der Waals surface area contributed by atoms with E-state index in [9.17, 15) is 4.79 Å². The summed E-state index contributed by atoms with van der Waals surface area (Å²) in [6.45, 7) is 3.55. The minimum atomic E-state index is -0.125. The molecule has 2 aromatic carbocycles. The second kappa shape index (κ2) is 7.72. The van der Waals surface area contributed by atoms with E-state index in [1.807, 2.05) is 48.7 Å². The van der Waals surface area contributed by atoms with Crippen molar-refractivity contribution in [2.75, 3.05) is 42.6 Å². The van der Waals surface area contributed by atoms with E-state index >= 15 is 0 Å². The van der Waals surface area contributed by atoms with Crippen LogP contribution in [-0.4, -0.2) is 57.4 Å². The third kappa shape index (κ3) is 3.35. The van der Waals surface area contributed by atoms with Crippen LogP contribution in [0, 0.1) is 0 Å². The smallest absolute Gasteiger partial charge is 0.261 e. The molecule has 5 rings (SSSR count). The van der Waals surface area contributed by atoms with Gasteiger partial charge in [-0.05, 0) is 30.3 Å². The van der Waals surface area contributed by atoms with Crippen molar-refractivity contribution in [2.45, 2.75) is 6.54 Å². The number of nitrogens with zero attached hydrogens (tertiary/aromatic N) is 6. The zero-order valence-corrected chi connectivity index (χ0v) is 16.5. The second-order valence-electron chi connectivity index (χ2n) is 7.36. The van der Waals surface area contributed by atoms with E-state index < -0.39 is 0 Å². The van der Waals surface area contributed by atoms with Crippen LogP contribution in [0.5, 0.6) is 0 Å². The molecule has 30 heavy (non-hydrogen) atoms. The molecule has 0 saturated carbocycles. The molecule has 1 aliphatic heterocycles. The number of aromatic nitrogens is 4. The van der Waals surface area contributed by atoms with Gasteiger partial charge in [-0.2, -0.15) is 0 Å².